The first-order valence-corrected chi connectivity index (χ1v) is 11.5. The van der Waals surface area contributed by atoms with Gasteiger partial charge in [-0.05, 0) is 69.7 Å². The van der Waals surface area contributed by atoms with Gasteiger partial charge in [0.05, 0.1) is 0 Å². The van der Waals surface area contributed by atoms with Gasteiger partial charge in [-0.15, -0.1) is 0 Å². The van der Waals surface area contributed by atoms with Gasteiger partial charge in [-0.25, -0.2) is 0 Å². The maximum absolute atomic E-state index is 13.1. The van der Waals surface area contributed by atoms with E-state index in [4.69, 9.17) is 5.73 Å². The van der Waals surface area contributed by atoms with Gasteiger partial charge in [-0.3, -0.25) is 24.6 Å². The standard InChI is InChI=1S/C24H34N4O3/c1-24(2,25)12-11-17-7-3-4-13-27(17)14-16-6-5-8-18-19(16)15-28(23(18)31)20-9-10-21(29)26-22(20)30/h5-6,8,17,20H,3-4,7,9-15,25H2,1-2H3,(H,26,29,30). The fourth-order valence-corrected chi connectivity index (χ4v) is 5.15. The van der Waals surface area contributed by atoms with Crippen LogP contribution in [-0.4, -0.2) is 51.7 Å². The van der Waals surface area contributed by atoms with Crippen molar-refractivity contribution in [3.8, 4) is 0 Å². The molecule has 0 saturated carbocycles. The van der Waals surface area contributed by atoms with E-state index in [-0.39, 0.29) is 29.7 Å². The summed E-state index contributed by atoms with van der Waals surface area (Å²) in [5.74, 6) is -0.728. The van der Waals surface area contributed by atoms with Crippen LogP contribution in [0.2, 0.25) is 0 Å². The average molecular weight is 427 g/mol. The molecule has 0 radical (unpaired) electrons. The van der Waals surface area contributed by atoms with E-state index in [2.05, 4.69) is 30.1 Å². The van der Waals surface area contributed by atoms with E-state index in [1.807, 2.05) is 12.1 Å². The largest absolute Gasteiger partial charge is 0.326 e. The second-order valence-corrected chi connectivity index (χ2v) is 9.99. The van der Waals surface area contributed by atoms with Gasteiger partial charge >= 0.3 is 0 Å². The van der Waals surface area contributed by atoms with Crippen molar-refractivity contribution in [1.82, 2.24) is 15.1 Å². The third kappa shape index (κ3) is 4.83. The number of rotatable bonds is 6. The van der Waals surface area contributed by atoms with E-state index in [0.29, 0.717) is 24.6 Å². The van der Waals surface area contributed by atoms with E-state index in [1.54, 1.807) is 4.90 Å². The highest BCUT2D eigenvalue weighted by atomic mass is 16.2. The number of benzene rings is 1. The van der Waals surface area contributed by atoms with Crippen molar-refractivity contribution in [2.24, 2.45) is 5.73 Å². The number of nitrogens with zero attached hydrogens (tertiary/aromatic N) is 2. The lowest BCUT2D eigenvalue weighted by Crippen LogP contribution is -2.52. The number of nitrogens with two attached hydrogens (primary N) is 1. The Hall–Kier alpha value is -2.25. The molecule has 168 valence electrons. The highest BCUT2D eigenvalue weighted by Crippen LogP contribution is 2.32. The molecule has 3 aliphatic rings. The molecule has 0 bridgehead atoms. The van der Waals surface area contributed by atoms with Crippen molar-refractivity contribution in [3.05, 3.63) is 34.9 Å². The first-order chi connectivity index (χ1) is 14.7. The molecular formula is C24H34N4O3. The zero-order valence-electron chi connectivity index (χ0n) is 18.7. The van der Waals surface area contributed by atoms with Gasteiger partial charge < -0.3 is 10.6 Å². The van der Waals surface area contributed by atoms with Crippen LogP contribution < -0.4 is 11.1 Å². The molecule has 7 heteroatoms. The average Bonchev–Trinajstić information content (AvgIpc) is 3.04. The minimum absolute atomic E-state index is 0.105. The molecule has 2 atom stereocenters. The Balaban J connectivity index is 1.50. The van der Waals surface area contributed by atoms with Gasteiger partial charge in [-0.2, -0.15) is 0 Å². The summed E-state index contributed by atoms with van der Waals surface area (Å²) in [5, 5.41) is 2.38. The van der Waals surface area contributed by atoms with E-state index in [9.17, 15) is 14.4 Å². The van der Waals surface area contributed by atoms with Gasteiger partial charge in [0.1, 0.15) is 6.04 Å². The quantitative estimate of drug-likeness (QED) is 0.681. The van der Waals surface area contributed by atoms with Crippen LogP contribution in [0.5, 0.6) is 0 Å². The lowest BCUT2D eigenvalue weighted by atomic mass is 9.91. The number of fused-ring (bicyclic) bond motifs is 1. The number of imide groups is 1. The minimum Gasteiger partial charge on any atom is -0.326 e. The molecule has 7 nitrogen and oxygen atoms in total. The van der Waals surface area contributed by atoms with Gasteiger partial charge in [-0.1, -0.05) is 18.6 Å². The Kier molecular flexibility index (Phi) is 6.17. The second-order valence-electron chi connectivity index (χ2n) is 9.99. The molecule has 3 N–H and O–H groups in total. The molecule has 3 aliphatic heterocycles. The summed E-state index contributed by atoms with van der Waals surface area (Å²) in [6.07, 6.45) is 6.37. The number of piperidine rings is 2. The highest BCUT2D eigenvalue weighted by molar-refractivity contribution is 6.05. The van der Waals surface area contributed by atoms with E-state index >= 15 is 0 Å². The smallest absolute Gasteiger partial charge is 0.255 e. The van der Waals surface area contributed by atoms with Crippen molar-refractivity contribution < 1.29 is 14.4 Å². The number of hydrogen-bond acceptors (Lipinski definition) is 5. The van der Waals surface area contributed by atoms with Gasteiger partial charge in [0, 0.05) is 36.7 Å². The van der Waals surface area contributed by atoms with E-state index < -0.39 is 6.04 Å². The van der Waals surface area contributed by atoms with E-state index in [0.717, 1.165) is 31.5 Å². The normalized spacial score (nSPS) is 25.0. The molecule has 1 aromatic carbocycles. The molecule has 2 fully saturated rings. The Morgan fingerprint density at radius 2 is 1.97 bits per heavy atom. The summed E-state index contributed by atoms with van der Waals surface area (Å²) in [6.45, 7) is 6.48. The SMILES string of the molecule is CC(C)(N)CCC1CCCCN1Cc1cccc2c1CN(C1CCC(=O)NC1=O)C2=O. The maximum atomic E-state index is 13.1. The van der Waals surface area contributed by atoms with Crippen LogP contribution in [0.1, 0.15) is 80.3 Å². The molecular weight excluding hydrogens is 392 g/mol. The number of amides is 3. The summed E-state index contributed by atoms with van der Waals surface area (Å²) in [6, 6.07) is 5.86. The van der Waals surface area contributed by atoms with Crippen molar-refractivity contribution in [2.45, 2.75) is 89.5 Å². The third-order valence-electron chi connectivity index (χ3n) is 6.92. The number of carbonyl (C=O) groups excluding carboxylic acids is 3. The predicted octanol–water partition coefficient (Wildman–Crippen LogP) is 2.32. The Labute approximate surface area is 184 Å². The number of carbonyl (C=O) groups is 3. The summed E-state index contributed by atoms with van der Waals surface area (Å²) in [5.41, 5.74) is 8.96. The van der Waals surface area contributed by atoms with Crippen molar-refractivity contribution in [3.63, 3.8) is 0 Å². The first kappa shape index (κ1) is 22.0. The Morgan fingerprint density at radius 3 is 2.71 bits per heavy atom. The van der Waals surface area contributed by atoms with Crippen molar-refractivity contribution in [2.75, 3.05) is 6.54 Å². The second kappa shape index (κ2) is 8.71. The monoisotopic (exact) mass is 426 g/mol. The molecule has 2 saturated heterocycles. The van der Waals surface area contributed by atoms with Crippen molar-refractivity contribution in [1.29, 1.82) is 0 Å². The minimum atomic E-state index is -0.569. The third-order valence-corrected chi connectivity index (χ3v) is 6.92. The maximum Gasteiger partial charge on any atom is 0.255 e. The van der Waals surface area contributed by atoms with Crippen molar-refractivity contribution >= 4 is 17.7 Å². The summed E-state index contributed by atoms with van der Waals surface area (Å²) < 4.78 is 0. The zero-order chi connectivity index (χ0) is 22.2. The molecule has 3 heterocycles. The molecule has 0 aromatic heterocycles. The fourth-order valence-electron chi connectivity index (χ4n) is 5.15. The Bertz CT molecular complexity index is 876. The van der Waals surface area contributed by atoms with Gasteiger partial charge in [0.2, 0.25) is 11.8 Å². The van der Waals surface area contributed by atoms with Crippen LogP contribution in [0.3, 0.4) is 0 Å². The van der Waals surface area contributed by atoms with Crippen LogP contribution >= 0.6 is 0 Å². The molecule has 4 rings (SSSR count). The molecule has 1 aromatic rings. The predicted molar refractivity (Wildman–Crippen MR) is 118 cm³/mol. The number of hydrogen-bond donors (Lipinski definition) is 2. The van der Waals surface area contributed by atoms with Crippen LogP contribution in [0.15, 0.2) is 18.2 Å². The summed E-state index contributed by atoms with van der Waals surface area (Å²) in [7, 11) is 0. The number of likely N-dealkylation sites (tertiary alicyclic amines) is 1. The van der Waals surface area contributed by atoms with Crippen LogP contribution in [0.25, 0.3) is 0 Å². The zero-order valence-corrected chi connectivity index (χ0v) is 18.7. The van der Waals surface area contributed by atoms with Gasteiger partial charge in [0.25, 0.3) is 5.91 Å². The van der Waals surface area contributed by atoms with Gasteiger partial charge in [0.15, 0.2) is 0 Å². The summed E-state index contributed by atoms with van der Waals surface area (Å²) >= 11 is 0. The lowest BCUT2D eigenvalue weighted by Gasteiger charge is -2.37. The molecule has 3 amide bonds. The topological polar surface area (TPSA) is 95.7 Å². The highest BCUT2D eigenvalue weighted by Gasteiger charge is 2.40. The van der Waals surface area contributed by atoms with Crippen LogP contribution in [-0.2, 0) is 22.7 Å². The molecule has 0 spiro atoms. The molecule has 0 aliphatic carbocycles. The molecule has 2 unspecified atom stereocenters. The summed E-state index contributed by atoms with van der Waals surface area (Å²) in [4.78, 5) is 41.1. The van der Waals surface area contributed by atoms with E-state index in [1.165, 1.54) is 24.8 Å². The fraction of sp³-hybridized carbons (Fsp3) is 0.625. The lowest BCUT2D eigenvalue weighted by molar-refractivity contribution is -0.136. The molecule has 31 heavy (non-hydrogen) atoms. The number of nitrogens with one attached hydrogen (secondary N) is 1. The van der Waals surface area contributed by atoms with Crippen LogP contribution in [0, 0.1) is 0 Å². The van der Waals surface area contributed by atoms with Crippen LogP contribution in [0.4, 0.5) is 0 Å². The Morgan fingerprint density at radius 1 is 1.16 bits per heavy atom. The first-order valence-electron chi connectivity index (χ1n) is 11.5.